The van der Waals surface area contributed by atoms with Crippen LogP contribution in [0, 0.1) is 0 Å². The molecule has 0 aliphatic carbocycles. The minimum absolute atomic E-state index is 0.103. The predicted molar refractivity (Wildman–Crippen MR) is 68.5 cm³/mol. The number of nitrogens with one attached hydrogen (secondary N) is 1. The van der Waals surface area contributed by atoms with Crippen molar-refractivity contribution >= 4 is 23.5 Å². The van der Waals surface area contributed by atoms with Gasteiger partial charge < -0.3 is 11.1 Å². The van der Waals surface area contributed by atoms with Crippen molar-refractivity contribution in [2.24, 2.45) is 5.73 Å². The molecule has 94 valence electrons. The normalized spacial score (nSPS) is 13.9. The van der Waals surface area contributed by atoms with Crippen LogP contribution in [0.2, 0.25) is 0 Å². The molecule has 16 heavy (non-hydrogen) atoms. The van der Waals surface area contributed by atoms with E-state index in [1.807, 2.05) is 27.7 Å². The Hall–Kier alpha value is -0.550. The molecule has 0 bridgehead atoms. The number of hydrogen-bond donors (Lipinski definition) is 2. The van der Waals surface area contributed by atoms with Crippen LogP contribution in [0.4, 0.5) is 0 Å². The average Bonchev–Trinajstić information content (AvgIpc) is 2.10. The second kappa shape index (κ2) is 6.25. The Morgan fingerprint density at radius 3 is 2.19 bits per heavy atom. The molecule has 3 N–H and O–H groups in total. The minimum atomic E-state index is -0.433. The van der Waals surface area contributed by atoms with Crippen LogP contribution in [0.25, 0.3) is 0 Å². The fourth-order valence-electron chi connectivity index (χ4n) is 1.33. The Morgan fingerprint density at radius 2 is 1.88 bits per heavy atom. The van der Waals surface area contributed by atoms with Gasteiger partial charge in [0.05, 0.1) is 5.75 Å². The number of amides is 1. The smallest absolute Gasteiger partial charge is 0.235 e. The molecule has 0 saturated heterocycles. The SMILES string of the molecule is CC(=O)CSC(C)(C)C(NC(C)C)C(N)=O. The van der Waals surface area contributed by atoms with E-state index in [9.17, 15) is 9.59 Å². The molecule has 0 fully saturated rings. The van der Waals surface area contributed by atoms with E-state index in [0.29, 0.717) is 5.75 Å². The first-order chi connectivity index (χ1) is 7.16. The maximum atomic E-state index is 11.4. The molecule has 0 aliphatic heterocycles. The van der Waals surface area contributed by atoms with Crippen molar-refractivity contribution in [3.63, 3.8) is 0 Å². The summed E-state index contributed by atoms with van der Waals surface area (Å²) < 4.78 is -0.387. The summed E-state index contributed by atoms with van der Waals surface area (Å²) in [6, 6.07) is -0.258. The summed E-state index contributed by atoms with van der Waals surface area (Å²) in [6.07, 6.45) is 0. The van der Waals surface area contributed by atoms with Gasteiger partial charge in [-0.25, -0.2) is 0 Å². The van der Waals surface area contributed by atoms with Crippen LogP contribution in [0.3, 0.4) is 0 Å². The van der Waals surface area contributed by atoms with Crippen LogP contribution in [0.5, 0.6) is 0 Å². The largest absolute Gasteiger partial charge is 0.368 e. The van der Waals surface area contributed by atoms with E-state index < -0.39 is 6.04 Å². The number of Topliss-reactive ketones (excluding diaryl/α,β-unsaturated/α-hetero) is 1. The van der Waals surface area contributed by atoms with Gasteiger partial charge in [-0.2, -0.15) is 0 Å². The molecule has 4 nitrogen and oxygen atoms in total. The lowest BCUT2D eigenvalue weighted by molar-refractivity contribution is -0.121. The summed E-state index contributed by atoms with van der Waals surface area (Å²) in [4.78, 5) is 22.3. The van der Waals surface area contributed by atoms with E-state index >= 15 is 0 Å². The second-order valence-corrected chi connectivity index (χ2v) is 6.38. The number of hydrogen-bond acceptors (Lipinski definition) is 4. The fourth-order valence-corrected chi connectivity index (χ4v) is 2.26. The molecular formula is C11H22N2O2S. The number of ketones is 1. The number of nitrogens with two attached hydrogens (primary N) is 1. The summed E-state index contributed by atoms with van der Waals surface area (Å²) in [7, 11) is 0. The number of rotatable bonds is 7. The van der Waals surface area contributed by atoms with Crippen molar-refractivity contribution in [2.45, 2.75) is 51.4 Å². The van der Waals surface area contributed by atoms with Gasteiger partial charge in [0.25, 0.3) is 0 Å². The van der Waals surface area contributed by atoms with E-state index in [0.717, 1.165) is 0 Å². The van der Waals surface area contributed by atoms with Crippen LogP contribution in [-0.4, -0.2) is 34.3 Å². The lowest BCUT2D eigenvalue weighted by Crippen LogP contribution is -2.55. The first-order valence-corrected chi connectivity index (χ1v) is 6.34. The average molecular weight is 246 g/mol. The lowest BCUT2D eigenvalue weighted by atomic mass is 10.0. The van der Waals surface area contributed by atoms with Crippen molar-refractivity contribution in [1.29, 1.82) is 0 Å². The Balaban J connectivity index is 4.61. The first-order valence-electron chi connectivity index (χ1n) is 5.35. The molecule has 0 saturated carbocycles. The molecule has 1 atom stereocenters. The summed E-state index contributed by atoms with van der Waals surface area (Å²) in [6.45, 7) is 9.30. The van der Waals surface area contributed by atoms with E-state index in [1.165, 1.54) is 18.7 Å². The van der Waals surface area contributed by atoms with E-state index in [1.54, 1.807) is 0 Å². The van der Waals surface area contributed by atoms with Crippen LogP contribution in [0.15, 0.2) is 0 Å². The molecule has 0 radical (unpaired) electrons. The van der Waals surface area contributed by atoms with Crippen molar-refractivity contribution in [2.75, 3.05) is 5.75 Å². The Morgan fingerprint density at radius 1 is 1.38 bits per heavy atom. The zero-order valence-electron chi connectivity index (χ0n) is 10.7. The Bertz CT molecular complexity index is 265. The van der Waals surface area contributed by atoms with Crippen molar-refractivity contribution in [3.8, 4) is 0 Å². The molecule has 0 aliphatic rings. The molecule has 0 spiro atoms. The third kappa shape index (κ3) is 5.51. The zero-order valence-corrected chi connectivity index (χ0v) is 11.5. The van der Waals surface area contributed by atoms with Crippen LogP contribution in [0.1, 0.15) is 34.6 Å². The Labute approximate surface area is 102 Å². The van der Waals surface area contributed by atoms with Crippen molar-refractivity contribution < 1.29 is 9.59 Å². The molecule has 5 heteroatoms. The lowest BCUT2D eigenvalue weighted by Gasteiger charge is -2.33. The summed E-state index contributed by atoms with van der Waals surface area (Å²) >= 11 is 1.45. The highest BCUT2D eigenvalue weighted by Gasteiger charge is 2.34. The van der Waals surface area contributed by atoms with Crippen LogP contribution in [-0.2, 0) is 9.59 Å². The monoisotopic (exact) mass is 246 g/mol. The maximum Gasteiger partial charge on any atom is 0.235 e. The van der Waals surface area contributed by atoms with Gasteiger partial charge in [0.2, 0.25) is 5.91 Å². The molecule has 1 unspecified atom stereocenters. The molecule has 0 aromatic carbocycles. The highest BCUT2D eigenvalue weighted by Crippen LogP contribution is 2.28. The van der Waals surface area contributed by atoms with Gasteiger partial charge in [0.1, 0.15) is 11.8 Å². The number of carbonyl (C=O) groups is 2. The van der Waals surface area contributed by atoms with E-state index in [-0.39, 0.29) is 22.5 Å². The standard InChI is InChI=1S/C11H22N2O2S/c1-7(2)13-9(10(12)15)11(4,5)16-6-8(3)14/h7,9,13H,6H2,1-5H3,(H2,12,15). The van der Waals surface area contributed by atoms with Gasteiger partial charge in [-0.3, -0.25) is 9.59 Å². The minimum Gasteiger partial charge on any atom is -0.368 e. The molecule has 0 rings (SSSR count). The topological polar surface area (TPSA) is 72.2 Å². The third-order valence-electron chi connectivity index (χ3n) is 2.13. The van der Waals surface area contributed by atoms with Gasteiger partial charge >= 0.3 is 0 Å². The highest BCUT2D eigenvalue weighted by molar-refractivity contribution is 8.01. The summed E-state index contributed by atoms with van der Waals surface area (Å²) in [5, 5.41) is 3.14. The number of thioether (sulfide) groups is 1. The summed E-state index contributed by atoms with van der Waals surface area (Å²) in [5.74, 6) is 0.122. The first kappa shape index (κ1) is 15.4. The molecule has 0 aromatic rings. The zero-order chi connectivity index (χ0) is 12.9. The number of carbonyl (C=O) groups excluding carboxylic acids is 2. The van der Waals surface area contributed by atoms with Gasteiger partial charge in [0, 0.05) is 10.8 Å². The van der Waals surface area contributed by atoms with Gasteiger partial charge in [-0.15, -0.1) is 11.8 Å². The van der Waals surface area contributed by atoms with E-state index in [4.69, 9.17) is 5.73 Å². The predicted octanol–water partition coefficient (Wildman–Crippen LogP) is 0.939. The highest BCUT2D eigenvalue weighted by atomic mass is 32.2. The quantitative estimate of drug-likeness (QED) is 0.701. The van der Waals surface area contributed by atoms with E-state index in [2.05, 4.69) is 5.32 Å². The summed E-state index contributed by atoms with van der Waals surface area (Å²) in [5.41, 5.74) is 5.38. The molecule has 0 aromatic heterocycles. The van der Waals surface area contributed by atoms with Gasteiger partial charge in [-0.05, 0) is 20.8 Å². The second-order valence-electron chi connectivity index (χ2n) is 4.75. The Kier molecular flexibility index (Phi) is 6.04. The molecule has 1 amide bonds. The van der Waals surface area contributed by atoms with Crippen molar-refractivity contribution in [1.82, 2.24) is 5.32 Å². The van der Waals surface area contributed by atoms with Gasteiger partial charge in [-0.1, -0.05) is 13.8 Å². The maximum absolute atomic E-state index is 11.4. The molecular weight excluding hydrogens is 224 g/mol. The van der Waals surface area contributed by atoms with Gasteiger partial charge in [0.15, 0.2) is 0 Å². The van der Waals surface area contributed by atoms with Crippen molar-refractivity contribution in [3.05, 3.63) is 0 Å². The van der Waals surface area contributed by atoms with Crippen LogP contribution < -0.4 is 11.1 Å². The number of primary amides is 1. The third-order valence-corrected chi connectivity index (χ3v) is 3.66. The fraction of sp³-hybridized carbons (Fsp3) is 0.818. The molecule has 0 heterocycles. The van der Waals surface area contributed by atoms with Crippen LogP contribution >= 0.6 is 11.8 Å².